The lowest BCUT2D eigenvalue weighted by molar-refractivity contribution is 0.118. The van der Waals surface area contributed by atoms with Crippen LogP contribution in [0.15, 0.2) is 18.2 Å². The first kappa shape index (κ1) is 13.8. The van der Waals surface area contributed by atoms with E-state index in [1.54, 1.807) is 13.0 Å². The summed E-state index contributed by atoms with van der Waals surface area (Å²) in [5.41, 5.74) is 1.30. The van der Waals surface area contributed by atoms with Crippen LogP contribution >= 0.6 is 0 Å². The van der Waals surface area contributed by atoms with Crippen LogP contribution in [0.5, 0.6) is 0 Å². The minimum atomic E-state index is -0.315. The van der Waals surface area contributed by atoms with Gasteiger partial charge in [0.15, 0.2) is 0 Å². The van der Waals surface area contributed by atoms with Gasteiger partial charge in [-0.1, -0.05) is 0 Å². The average Bonchev–Trinajstić information content (AvgIpc) is 2.36. The van der Waals surface area contributed by atoms with Crippen LogP contribution in [0.4, 0.5) is 14.9 Å². The van der Waals surface area contributed by atoms with Gasteiger partial charge in [-0.2, -0.15) is 0 Å². The normalized spacial score (nSPS) is 22.9. The number of carbonyl (C=O) groups is 1. The maximum absolute atomic E-state index is 12.9. The highest BCUT2D eigenvalue weighted by atomic mass is 19.1. The molecule has 0 atom stereocenters. The van der Waals surface area contributed by atoms with Crippen LogP contribution in [0, 0.1) is 12.7 Å². The van der Waals surface area contributed by atoms with Crippen LogP contribution in [-0.2, 0) is 0 Å². The van der Waals surface area contributed by atoms with E-state index in [9.17, 15) is 14.3 Å². The van der Waals surface area contributed by atoms with E-state index in [2.05, 4.69) is 10.6 Å². The monoisotopic (exact) mass is 266 g/mol. The largest absolute Gasteiger partial charge is 0.393 e. The summed E-state index contributed by atoms with van der Waals surface area (Å²) < 4.78 is 12.9. The number of benzene rings is 1. The smallest absolute Gasteiger partial charge is 0.319 e. The van der Waals surface area contributed by atoms with Crippen molar-refractivity contribution in [3.8, 4) is 0 Å². The Morgan fingerprint density at radius 1 is 1.32 bits per heavy atom. The lowest BCUT2D eigenvalue weighted by Gasteiger charge is -2.26. The molecule has 1 aromatic rings. The molecule has 0 unspecified atom stereocenters. The molecule has 0 aromatic heterocycles. The molecule has 19 heavy (non-hydrogen) atoms. The third-order valence-electron chi connectivity index (χ3n) is 3.47. The Labute approximate surface area is 112 Å². The molecule has 0 radical (unpaired) electrons. The van der Waals surface area contributed by atoms with E-state index in [1.807, 2.05) is 0 Å². The van der Waals surface area contributed by atoms with Gasteiger partial charge in [-0.05, 0) is 56.4 Å². The van der Waals surface area contributed by atoms with Crippen molar-refractivity contribution in [3.63, 3.8) is 0 Å². The summed E-state index contributed by atoms with van der Waals surface area (Å²) in [6.45, 7) is 1.75. The predicted molar refractivity (Wildman–Crippen MR) is 71.6 cm³/mol. The molecule has 0 saturated heterocycles. The van der Waals surface area contributed by atoms with E-state index in [0.717, 1.165) is 25.7 Å². The fourth-order valence-corrected chi connectivity index (χ4v) is 2.33. The molecule has 2 rings (SSSR count). The molecule has 0 bridgehead atoms. The summed E-state index contributed by atoms with van der Waals surface area (Å²) in [4.78, 5) is 11.8. The van der Waals surface area contributed by atoms with Crippen LogP contribution in [-0.4, -0.2) is 23.3 Å². The Balaban J connectivity index is 1.87. The number of aryl methyl sites for hydroxylation is 1. The Bertz CT molecular complexity index is 457. The third-order valence-corrected chi connectivity index (χ3v) is 3.47. The van der Waals surface area contributed by atoms with Crippen molar-refractivity contribution in [1.82, 2.24) is 5.32 Å². The van der Waals surface area contributed by atoms with Gasteiger partial charge in [-0.25, -0.2) is 9.18 Å². The van der Waals surface area contributed by atoms with Gasteiger partial charge in [0.2, 0.25) is 0 Å². The summed E-state index contributed by atoms with van der Waals surface area (Å²) in [6, 6.07) is 4.07. The summed E-state index contributed by atoms with van der Waals surface area (Å²) in [7, 11) is 0. The molecular weight excluding hydrogens is 247 g/mol. The van der Waals surface area contributed by atoms with E-state index in [-0.39, 0.29) is 24.0 Å². The van der Waals surface area contributed by atoms with Crippen molar-refractivity contribution in [2.75, 3.05) is 5.32 Å². The van der Waals surface area contributed by atoms with E-state index in [1.165, 1.54) is 12.1 Å². The van der Waals surface area contributed by atoms with Crippen LogP contribution in [0.1, 0.15) is 31.2 Å². The van der Waals surface area contributed by atoms with Gasteiger partial charge >= 0.3 is 6.03 Å². The number of nitrogens with one attached hydrogen (secondary N) is 2. The number of aliphatic hydroxyl groups is 1. The quantitative estimate of drug-likeness (QED) is 0.770. The fraction of sp³-hybridized carbons (Fsp3) is 0.500. The zero-order valence-corrected chi connectivity index (χ0v) is 10.9. The minimum Gasteiger partial charge on any atom is -0.393 e. The van der Waals surface area contributed by atoms with Crippen molar-refractivity contribution in [2.24, 2.45) is 0 Å². The molecule has 1 saturated carbocycles. The van der Waals surface area contributed by atoms with Crippen molar-refractivity contribution in [1.29, 1.82) is 0 Å². The second kappa shape index (κ2) is 6.02. The molecule has 0 heterocycles. The number of halogens is 1. The van der Waals surface area contributed by atoms with Crippen LogP contribution in [0.2, 0.25) is 0 Å². The topological polar surface area (TPSA) is 61.4 Å². The van der Waals surface area contributed by atoms with E-state index in [4.69, 9.17) is 0 Å². The maximum Gasteiger partial charge on any atom is 0.319 e. The lowest BCUT2D eigenvalue weighted by atomic mass is 9.93. The number of hydrogen-bond acceptors (Lipinski definition) is 2. The number of aliphatic hydroxyl groups excluding tert-OH is 1. The molecule has 0 aliphatic heterocycles. The number of rotatable bonds is 2. The van der Waals surface area contributed by atoms with Gasteiger partial charge in [0.05, 0.1) is 6.10 Å². The number of urea groups is 1. The average molecular weight is 266 g/mol. The van der Waals surface area contributed by atoms with E-state index < -0.39 is 0 Å². The van der Waals surface area contributed by atoms with Gasteiger partial charge in [0, 0.05) is 11.7 Å². The fourth-order valence-electron chi connectivity index (χ4n) is 2.33. The highest BCUT2D eigenvalue weighted by Crippen LogP contribution is 2.19. The third kappa shape index (κ3) is 3.92. The minimum absolute atomic E-state index is 0.101. The molecular formula is C14H19FN2O2. The number of anilines is 1. The molecule has 1 aliphatic carbocycles. The van der Waals surface area contributed by atoms with Gasteiger partial charge < -0.3 is 15.7 Å². The zero-order chi connectivity index (χ0) is 13.8. The molecule has 5 heteroatoms. The summed E-state index contributed by atoms with van der Waals surface area (Å²) in [5, 5.41) is 15.0. The molecule has 3 N–H and O–H groups in total. The SMILES string of the molecule is Cc1cc(F)ccc1NC(=O)NC1CCC(O)CC1. The second-order valence-electron chi connectivity index (χ2n) is 5.06. The van der Waals surface area contributed by atoms with Crippen LogP contribution < -0.4 is 10.6 Å². The lowest BCUT2D eigenvalue weighted by Crippen LogP contribution is -2.41. The molecule has 2 amide bonds. The maximum atomic E-state index is 12.9. The molecule has 4 nitrogen and oxygen atoms in total. The van der Waals surface area contributed by atoms with E-state index >= 15 is 0 Å². The Morgan fingerprint density at radius 3 is 2.63 bits per heavy atom. The Morgan fingerprint density at radius 2 is 2.00 bits per heavy atom. The Kier molecular flexibility index (Phi) is 4.37. The summed E-state index contributed by atoms with van der Waals surface area (Å²) in [5.74, 6) is -0.315. The van der Waals surface area contributed by atoms with Gasteiger partial charge in [0.1, 0.15) is 5.82 Å². The van der Waals surface area contributed by atoms with Crippen molar-refractivity contribution in [2.45, 2.75) is 44.8 Å². The first-order valence-electron chi connectivity index (χ1n) is 6.56. The zero-order valence-electron chi connectivity index (χ0n) is 10.9. The van der Waals surface area contributed by atoms with Gasteiger partial charge in [-0.3, -0.25) is 0 Å². The summed E-state index contributed by atoms with van der Waals surface area (Å²) >= 11 is 0. The van der Waals surface area contributed by atoms with Gasteiger partial charge in [-0.15, -0.1) is 0 Å². The first-order valence-corrected chi connectivity index (χ1v) is 6.56. The highest BCUT2D eigenvalue weighted by molar-refractivity contribution is 5.90. The second-order valence-corrected chi connectivity index (χ2v) is 5.06. The first-order chi connectivity index (χ1) is 9.04. The van der Waals surface area contributed by atoms with Crippen LogP contribution in [0.3, 0.4) is 0 Å². The van der Waals surface area contributed by atoms with Gasteiger partial charge in [0.25, 0.3) is 0 Å². The number of carbonyl (C=O) groups excluding carboxylic acids is 1. The van der Waals surface area contributed by atoms with Crippen molar-refractivity contribution in [3.05, 3.63) is 29.6 Å². The highest BCUT2D eigenvalue weighted by Gasteiger charge is 2.20. The number of hydrogen-bond donors (Lipinski definition) is 3. The standard InChI is InChI=1S/C14H19FN2O2/c1-9-8-10(15)2-7-13(9)17-14(19)16-11-3-5-12(18)6-4-11/h2,7-8,11-12,18H,3-6H2,1H3,(H2,16,17,19). The molecule has 1 fully saturated rings. The van der Waals surface area contributed by atoms with E-state index in [0.29, 0.717) is 11.3 Å². The van der Waals surface area contributed by atoms with Crippen molar-refractivity contribution >= 4 is 11.7 Å². The molecule has 0 spiro atoms. The van der Waals surface area contributed by atoms with Crippen LogP contribution in [0.25, 0.3) is 0 Å². The Hall–Kier alpha value is -1.62. The summed E-state index contributed by atoms with van der Waals surface area (Å²) in [6.07, 6.45) is 2.79. The van der Waals surface area contributed by atoms with Crippen molar-refractivity contribution < 1.29 is 14.3 Å². The molecule has 104 valence electrons. The molecule has 1 aliphatic rings. The predicted octanol–water partition coefficient (Wildman–Crippen LogP) is 2.56. The molecule has 1 aromatic carbocycles. The number of amides is 2.